The number of terminal acetylenes is 1. The third-order valence-corrected chi connectivity index (χ3v) is 1.13. The highest BCUT2D eigenvalue weighted by molar-refractivity contribution is 5.09. The molecule has 2 heteroatoms. The third kappa shape index (κ3) is 2.72. The van der Waals surface area contributed by atoms with Crippen LogP contribution >= 0.6 is 0 Å². The lowest BCUT2D eigenvalue weighted by atomic mass is 10.5. The van der Waals surface area contributed by atoms with E-state index in [1.165, 1.54) is 0 Å². The molecule has 11 heavy (non-hydrogen) atoms. The average molecular weight is 147 g/mol. The molecule has 0 unspecified atom stereocenters. The summed E-state index contributed by atoms with van der Waals surface area (Å²) in [5.41, 5.74) is 0. The van der Waals surface area contributed by atoms with Crippen molar-refractivity contribution in [3.05, 3.63) is 24.4 Å². The lowest BCUT2D eigenvalue weighted by Crippen LogP contribution is -1.96. The molecule has 0 aliphatic heterocycles. The van der Waals surface area contributed by atoms with Crippen LogP contribution in [0.4, 0.5) is 0 Å². The van der Waals surface area contributed by atoms with E-state index in [2.05, 4.69) is 10.9 Å². The average Bonchev–Trinajstić information content (AvgIpc) is 2.07. The molecule has 0 saturated carbocycles. The van der Waals surface area contributed by atoms with Gasteiger partial charge in [0.25, 0.3) is 0 Å². The number of pyridine rings is 1. The van der Waals surface area contributed by atoms with Gasteiger partial charge in [-0.1, -0.05) is 6.07 Å². The fourth-order valence-electron chi connectivity index (χ4n) is 0.647. The van der Waals surface area contributed by atoms with Gasteiger partial charge in [0, 0.05) is 18.7 Å². The van der Waals surface area contributed by atoms with Crippen molar-refractivity contribution in [3.63, 3.8) is 0 Å². The van der Waals surface area contributed by atoms with E-state index in [1.807, 2.05) is 12.1 Å². The van der Waals surface area contributed by atoms with Gasteiger partial charge in [-0.3, -0.25) is 0 Å². The zero-order valence-electron chi connectivity index (χ0n) is 6.16. The molecule has 0 fully saturated rings. The molecule has 2 nitrogen and oxygen atoms in total. The Balaban J connectivity index is 2.35. The molecule has 0 atom stereocenters. The number of rotatable bonds is 3. The largest absolute Gasteiger partial charge is 0.477 e. The number of hydrogen-bond acceptors (Lipinski definition) is 2. The van der Waals surface area contributed by atoms with E-state index in [9.17, 15) is 0 Å². The molecule has 56 valence electrons. The van der Waals surface area contributed by atoms with E-state index in [0.29, 0.717) is 18.9 Å². The quantitative estimate of drug-likeness (QED) is 0.477. The standard InChI is InChI=1S/C9H9NO/c1-2-3-8-11-9-6-4-5-7-10-9/h1,4-7H,3,8H2. The van der Waals surface area contributed by atoms with E-state index in [-0.39, 0.29) is 0 Å². The van der Waals surface area contributed by atoms with Crippen molar-refractivity contribution in [1.29, 1.82) is 0 Å². The molecule has 1 aromatic rings. The fourth-order valence-corrected chi connectivity index (χ4v) is 0.647. The summed E-state index contributed by atoms with van der Waals surface area (Å²) < 4.78 is 5.19. The number of nitrogens with zero attached hydrogens (tertiary/aromatic N) is 1. The first kappa shape index (κ1) is 7.62. The molecule has 0 N–H and O–H groups in total. The lowest BCUT2D eigenvalue weighted by molar-refractivity contribution is 0.314. The molecule has 0 aliphatic carbocycles. The fraction of sp³-hybridized carbons (Fsp3) is 0.222. The monoisotopic (exact) mass is 147 g/mol. The van der Waals surface area contributed by atoms with Crippen molar-refractivity contribution in [2.75, 3.05) is 6.61 Å². The molecule has 0 aromatic carbocycles. The van der Waals surface area contributed by atoms with Gasteiger partial charge in [-0.05, 0) is 6.07 Å². The molecular weight excluding hydrogens is 138 g/mol. The van der Waals surface area contributed by atoms with Gasteiger partial charge < -0.3 is 4.74 Å². The van der Waals surface area contributed by atoms with Gasteiger partial charge in [-0.15, -0.1) is 12.3 Å². The first-order chi connectivity index (χ1) is 5.43. The van der Waals surface area contributed by atoms with Gasteiger partial charge in [-0.2, -0.15) is 0 Å². The number of hydrogen-bond donors (Lipinski definition) is 0. The van der Waals surface area contributed by atoms with Crippen LogP contribution in [0.25, 0.3) is 0 Å². The van der Waals surface area contributed by atoms with Gasteiger partial charge in [0.2, 0.25) is 5.88 Å². The Morgan fingerprint density at radius 3 is 3.09 bits per heavy atom. The number of aromatic nitrogens is 1. The van der Waals surface area contributed by atoms with E-state index in [4.69, 9.17) is 11.2 Å². The van der Waals surface area contributed by atoms with Crippen LogP contribution in [-0.4, -0.2) is 11.6 Å². The second kappa shape index (κ2) is 4.35. The van der Waals surface area contributed by atoms with Gasteiger partial charge in [0.15, 0.2) is 0 Å². The maximum Gasteiger partial charge on any atom is 0.213 e. The van der Waals surface area contributed by atoms with Crippen LogP contribution in [0.5, 0.6) is 5.88 Å². The van der Waals surface area contributed by atoms with E-state index in [0.717, 1.165) is 0 Å². The minimum atomic E-state index is 0.535. The summed E-state index contributed by atoms with van der Waals surface area (Å²) >= 11 is 0. The van der Waals surface area contributed by atoms with Crippen molar-refractivity contribution < 1.29 is 4.74 Å². The van der Waals surface area contributed by atoms with Crippen LogP contribution in [0.15, 0.2) is 24.4 Å². The first-order valence-corrected chi connectivity index (χ1v) is 3.41. The second-order valence-corrected chi connectivity index (χ2v) is 1.97. The van der Waals surface area contributed by atoms with Gasteiger partial charge in [-0.25, -0.2) is 4.98 Å². The van der Waals surface area contributed by atoms with E-state index >= 15 is 0 Å². The number of ether oxygens (including phenoxy) is 1. The van der Waals surface area contributed by atoms with Gasteiger partial charge >= 0.3 is 0 Å². The van der Waals surface area contributed by atoms with Crippen LogP contribution in [0, 0.1) is 12.3 Å². The minimum absolute atomic E-state index is 0.535. The van der Waals surface area contributed by atoms with Crippen molar-refractivity contribution >= 4 is 0 Å². The molecular formula is C9H9NO. The topological polar surface area (TPSA) is 22.1 Å². The zero-order valence-corrected chi connectivity index (χ0v) is 6.16. The predicted octanol–water partition coefficient (Wildman–Crippen LogP) is 1.48. The first-order valence-electron chi connectivity index (χ1n) is 3.41. The summed E-state index contributed by atoms with van der Waals surface area (Å²) in [7, 11) is 0. The lowest BCUT2D eigenvalue weighted by Gasteiger charge is -2.00. The van der Waals surface area contributed by atoms with Crippen LogP contribution < -0.4 is 4.74 Å². The van der Waals surface area contributed by atoms with Crippen molar-refractivity contribution in [2.45, 2.75) is 6.42 Å². The molecule has 0 radical (unpaired) electrons. The zero-order chi connectivity index (χ0) is 7.94. The summed E-state index contributed by atoms with van der Waals surface area (Å²) in [6.45, 7) is 0.535. The van der Waals surface area contributed by atoms with Crippen molar-refractivity contribution in [2.24, 2.45) is 0 Å². The SMILES string of the molecule is C#CCCOc1ccccn1. The predicted molar refractivity (Wildman–Crippen MR) is 43.2 cm³/mol. The molecule has 0 amide bonds. The molecule has 0 aliphatic rings. The maximum absolute atomic E-state index is 5.19. The molecule has 1 heterocycles. The summed E-state index contributed by atoms with van der Waals surface area (Å²) in [6.07, 6.45) is 7.35. The highest BCUT2D eigenvalue weighted by Gasteiger charge is 1.89. The van der Waals surface area contributed by atoms with Crippen molar-refractivity contribution in [1.82, 2.24) is 4.98 Å². The van der Waals surface area contributed by atoms with Crippen LogP contribution in [0.2, 0.25) is 0 Å². The van der Waals surface area contributed by atoms with E-state index in [1.54, 1.807) is 12.3 Å². The maximum atomic E-state index is 5.19. The summed E-state index contributed by atoms with van der Waals surface area (Å²) in [5, 5.41) is 0. The summed E-state index contributed by atoms with van der Waals surface area (Å²) in [4.78, 5) is 3.96. The van der Waals surface area contributed by atoms with E-state index < -0.39 is 0 Å². The minimum Gasteiger partial charge on any atom is -0.477 e. The van der Waals surface area contributed by atoms with Crippen LogP contribution in [0.3, 0.4) is 0 Å². The third-order valence-electron chi connectivity index (χ3n) is 1.13. The smallest absolute Gasteiger partial charge is 0.213 e. The Morgan fingerprint density at radius 2 is 2.45 bits per heavy atom. The Morgan fingerprint density at radius 1 is 1.55 bits per heavy atom. The molecule has 1 rings (SSSR count). The van der Waals surface area contributed by atoms with Crippen LogP contribution in [-0.2, 0) is 0 Å². The van der Waals surface area contributed by atoms with Gasteiger partial charge in [0.1, 0.15) is 6.61 Å². The normalized spacial score (nSPS) is 8.64. The molecule has 0 bridgehead atoms. The Bertz CT molecular complexity index is 237. The summed E-state index contributed by atoms with van der Waals surface area (Å²) in [5.74, 6) is 3.11. The Kier molecular flexibility index (Phi) is 3.01. The van der Waals surface area contributed by atoms with Gasteiger partial charge in [0.05, 0.1) is 0 Å². The van der Waals surface area contributed by atoms with Crippen LogP contribution in [0.1, 0.15) is 6.42 Å². The Hall–Kier alpha value is -1.49. The van der Waals surface area contributed by atoms with Crippen molar-refractivity contribution in [3.8, 4) is 18.2 Å². The summed E-state index contributed by atoms with van der Waals surface area (Å²) in [6, 6.07) is 5.52. The molecule has 1 aromatic heterocycles. The highest BCUT2D eigenvalue weighted by Crippen LogP contribution is 2.02. The second-order valence-electron chi connectivity index (χ2n) is 1.97. The highest BCUT2D eigenvalue weighted by atomic mass is 16.5. The Labute approximate surface area is 66.2 Å². The molecule has 0 spiro atoms. The molecule has 0 saturated heterocycles.